The van der Waals surface area contributed by atoms with Gasteiger partial charge >= 0.3 is 0 Å². The molecule has 0 spiro atoms. The van der Waals surface area contributed by atoms with Crippen LogP contribution in [0, 0.1) is 0 Å². The predicted molar refractivity (Wildman–Crippen MR) is 138 cm³/mol. The van der Waals surface area contributed by atoms with E-state index >= 15 is 0 Å². The summed E-state index contributed by atoms with van der Waals surface area (Å²) in [5.74, 6) is -0.169. The lowest BCUT2D eigenvalue weighted by Gasteiger charge is -2.20. The van der Waals surface area contributed by atoms with Gasteiger partial charge in [0, 0.05) is 17.0 Å². The molecular formula is C28H29ClO4S. The Morgan fingerprint density at radius 2 is 1.56 bits per heavy atom. The zero-order valence-electron chi connectivity index (χ0n) is 19.4. The first-order valence-electron chi connectivity index (χ1n) is 11.1. The minimum Gasteiger partial charge on any atom is -0.369 e. The Morgan fingerprint density at radius 3 is 2.21 bits per heavy atom. The molecule has 0 aliphatic rings. The zero-order valence-corrected chi connectivity index (χ0v) is 20.9. The second-order valence-corrected chi connectivity index (χ2v) is 11.1. The highest BCUT2D eigenvalue weighted by Gasteiger charge is 2.23. The highest BCUT2D eigenvalue weighted by molar-refractivity contribution is 7.91. The average Bonchev–Trinajstić information content (AvgIpc) is 2.82. The highest BCUT2D eigenvalue weighted by atomic mass is 35.5. The van der Waals surface area contributed by atoms with Crippen LogP contribution in [0.4, 0.5) is 0 Å². The zero-order chi connectivity index (χ0) is 24.6. The molecule has 6 heteroatoms. The van der Waals surface area contributed by atoms with E-state index in [0.29, 0.717) is 28.3 Å². The van der Waals surface area contributed by atoms with Crippen molar-refractivity contribution in [2.24, 2.45) is 0 Å². The first-order valence-corrected chi connectivity index (χ1v) is 13.2. The van der Waals surface area contributed by atoms with E-state index in [1.807, 2.05) is 55.5 Å². The quantitative estimate of drug-likeness (QED) is 0.226. The lowest BCUT2D eigenvalue weighted by molar-refractivity contribution is 0.0530. The van der Waals surface area contributed by atoms with Gasteiger partial charge in [-0.25, -0.2) is 8.42 Å². The number of halogens is 1. The summed E-state index contributed by atoms with van der Waals surface area (Å²) < 4.78 is 32.1. The summed E-state index contributed by atoms with van der Waals surface area (Å²) in [5.41, 5.74) is 2.93. The molecular weight excluding hydrogens is 468 g/mol. The van der Waals surface area contributed by atoms with E-state index < -0.39 is 21.2 Å². The van der Waals surface area contributed by atoms with Gasteiger partial charge in [-0.1, -0.05) is 90.5 Å². The molecule has 0 bridgehead atoms. The van der Waals surface area contributed by atoms with Crippen LogP contribution in [0.15, 0.2) is 96.6 Å². The van der Waals surface area contributed by atoms with E-state index in [0.717, 1.165) is 5.56 Å². The molecule has 34 heavy (non-hydrogen) atoms. The molecule has 0 unspecified atom stereocenters. The summed E-state index contributed by atoms with van der Waals surface area (Å²) in [6.45, 7) is 3.79. The van der Waals surface area contributed by atoms with Gasteiger partial charge in [0.2, 0.25) is 0 Å². The van der Waals surface area contributed by atoms with E-state index in [-0.39, 0.29) is 18.0 Å². The molecule has 0 heterocycles. The first-order chi connectivity index (χ1) is 16.2. The summed E-state index contributed by atoms with van der Waals surface area (Å²) in [6, 6.07) is 25.6. The maximum absolute atomic E-state index is 13.0. The largest absolute Gasteiger partial charge is 0.369 e. The van der Waals surface area contributed by atoms with E-state index in [9.17, 15) is 13.2 Å². The summed E-state index contributed by atoms with van der Waals surface area (Å²) in [5, 5.41) is -0.248. The molecule has 0 aliphatic carbocycles. The Bertz CT molecular complexity index is 1220. The summed E-state index contributed by atoms with van der Waals surface area (Å²) >= 11 is 6.01. The van der Waals surface area contributed by atoms with E-state index in [1.165, 1.54) is 0 Å². The Morgan fingerprint density at radius 1 is 0.941 bits per heavy atom. The Labute approximate surface area is 207 Å². The molecule has 0 amide bonds. The number of carbonyl (C=O) groups excluding carboxylic acids is 1. The van der Waals surface area contributed by atoms with Crippen LogP contribution in [-0.2, 0) is 26.9 Å². The molecule has 0 saturated heterocycles. The van der Waals surface area contributed by atoms with Gasteiger partial charge in [-0.3, -0.25) is 4.79 Å². The number of hydrogen-bond donors (Lipinski definition) is 0. The molecule has 0 aliphatic heterocycles. The van der Waals surface area contributed by atoms with Crippen molar-refractivity contribution in [2.75, 3.05) is 0 Å². The Balaban J connectivity index is 1.78. The van der Waals surface area contributed by atoms with Crippen molar-refractivity contribution in [3.8, 4) is 0 Å². The molecule has 2 atom stereocenters. The van der Waals surface area contributed by atoms with Crippen molar-refractivity contribution in [2.45, 2.75) is 44.0 Å². The predicted octanol–water partition coefficient (Wildman–Crippen LogP) is 6.45. The summed E-state index contributed by atoms with van der Waals surface area (Å²) in [4.78, 5) is 12.9. The normalized spacial score (nSPS) is 13.9. The van der Waals surface area contributed by atoms with Gasteiger partial charge in [0.1, 0.15) is 0 Å². The third-order valence-corrected chi connectivity index (χ3v) is 7.83. The molecule has 3 aromatic carbocycles. The molecule has 4 nitrogen and oxygen atoms in total. The molecule has 178 valence electrons. The van der Waals surface area contributed by atoms with Crippen LogP contribution >= 0.6 is 11.6 Å². The number of Topliss-reactive ketones (excluding diaryl/α,β-unsaturated/α-hetero) is 1. The fraction of sp³-hybridized carbons (Fsp3) is 0.250. The first kappa shape index (κ1) is 25.9. The summed E-state index contributed by atoms with van der Waals surface area (Å²) in [7, 11) is -3.48. The topological polar surface area (TPSA) is 60.4 Å². The number of sulfone groups is 1. The molecule has 0 radical (unpaired) electrons. The van der Waals surface area contributed by atoms with Crippen LogP contribution in [0.2, 0.25) is 5.02 Å². The van der Waals surface area contributed by atoms with Crippen LogP contribution in [0.25, 0.3) is 0 Å². The molecule has 0 aromatic heterocycles. The number of hydrogen-bond acceptors (Lipinski definition) is 4. The van der Waals surface area contributed by atoms with Crippen molar-refractivity contribution >= 4 is 27.2 Å². The van der Waals surface area contributed by atoms with E-state index in [2.05, 4.69) is 0 Å². The van der Waals surface area contributed by atoms with Crippen molar-refractivity contribution in [1.29, 1.82) is 0 Å². The standard InChI is InChI=1S/C28H29ClO4S/c1-21(16-22(2)34(31,32)20-24-12-9-15-26(29)17-24)28(33-19-23-10-5-3-6-11-23)18-27(30)25-13-7-4-8-14-25/h3-17,22,28H,18-20H2,1-2H3/b21-16-/t22-,28+/m1/s1. The second-order valence-electron chi connectivity index (χ2n) is 8.33. The van der Waals surface area contributed by atoms with Gasteiger partial charge in [0.15, 0.2) is 15.6 Å². The van der Waals surface area contributed by atoms with Gasteiger partial charge in [-0.2, -0.15) is 0 Å². The van der Waals surface area contributed by atoms with Crippen LogP contribution in [0.5, 0.6) is 0 Å². The Kier molecular flexibility index (Phi) is 9.22. The van der Waals surface area contributed by atoms with Gasteiger partial charge in [0.05, 0.1) is 23.7 Å². The van der Waals surface area contributed by atoms with Crippen molar-refractivity contribution in [3.05, 3.63) is 118 Å². The number of ether oxygens (including phenoxy) is 1. The van der Waals surface area contributed by atoms with Gasteiger partial charge in [-0.15, -0.1) is 0 Å². The lowest BCUT2D eigenvalue weighted by Crippen LogP contribution is -2.23. The Hall–Kier alpha value is -2.73. The van der Waals surface area contributed by atoms with Crippen LogP contribution in [0.1, 0.15) is 41.8 Å². The molecule has 0 saturated carbocycles. The number of ketones is 1. The third-order valence-electron chi connectivity index (χ3n) is 5.59. The second kappa shape index (κ2) is 12.1. The number of benzene rings is 3. The van der Waals surface area contributed by atoms with Gasteiger partial charge in [-0.05, 0) is 42.7 Å². The smallest absolute Gasteiger partial charge is 0.165 e. The van der Waals surface area contributed by atoms with Crippen LogP contribution in [-0.4, -0.2) is 25.6 Å². The maximum Gasteiger partial charge on any atom is 0.165 e. The van der Waals surface area contributed by atoms with Crippen molar-refractivity contribution in [3.63, 3.8) is 0 Å². The fourth-order valence-electron chi connectivity index (χ4n) is 3.60. The molecule has 3 rings (SSSR count). The van der Waals surface area contributed by atoms with E-state index in [1.54, 1.807) is 49.4 Å². The summed E-state index contributed by atoms with van der Waals surface area (Å²) in [6.07, 6.45) is 1.27. The SMILES string of the molecule is C/C(=C/[C@@H](C)S(=O)(=O)Cc1cccc(Cl)c1)[C@H](CC(=O)c1ccccc1)OCc1ccccc1. The monoisotopic (exact) mass is 496 g/mol. The minimum absolute atomic E-state index is 0.0548. The lowest BCUT2D eigenvalue weighted by atomic mass is 10.00. The van der Waals surface area contributed by atoms with Gasteiger partial charge in [0.25, 0.3) is 0 Å². The molecule has 3 aromatic rings. The number of carbonyl (C=O) groups is 1. The van der Waals surface area contributed by atoms with Gasteiger partial charge < -0.3 is 4.74 Å². The van der Waals surface area contributed by atoms with Crippen LogP contribution in [0.3, 0.4) is 0 Å². The van der Waals surface area contributed by atoms with Crippen molar-refractivity contribution in [1.82, 2.24) is 0 Å². The third kappa shape index (κ3) is 7.66. The van der Waals surface area contributed by atoms with E-state index in [4.69, 9.17) is 16.3 Å². The molecule has 0 N–H and O–H groups in total. The fourth-order valence-corrected chi connectivity index (χ4v) is 5.15. The molecule has 0 fully saturated rings. The van der Waals surface area contributed by atoms with Crippen molar-refractivity contribution < 1.29 is 17.9 Å². The highest BCUT2D eigenvalue weighted by Crippen LogP contribution is 2.21. The minimum atomic E-state index is -3.48. The average molecular weight is 497 g/mol. The van der Waals surface area contributed by atoms with Crippen LogP contribution < -0.4 is 0 Å². The maximum atomic E-state index is 13.0. The number of rotatable bonds is 11.